The van der Waals surface area contributed by atoms with Crippen LogP contribution in [0.1, 0.15) is 97.3 Å². The molecule has 4 heteroatoms. The van der Waals surface area contributed by atoms with Crippen LogP contribution in [0.4, 0.5) is 0 Å². The van der Waals surface area contributed by atoms with Crippen LogP contribution in [0.25, 0.3) is 0 Å². The maximum atomic E-state index is 12.1. The lowest BCUT2D eigenvalue weighted by Gasteiger charge is -2.26. The molecule has 0 radical (unpaired) electrons. The molecule has 0 N–H and O–H groups in total. The Morgan fingerprint density at radius 3 is 1.48 bits per heavy atom. The molecule has 1 aliphatic rings. The Labute approximate surface area is 154 Å². The van der Waals surface area contributed by atoms with Crippen LogP contribution < -0.4 is 0 Å². The average Bonchev–Trinajstić information content (AvgIpc) is 2.64. The highest BCUT2D eigenvalue weighted by Crippen LogP contribution is 2.30. The summed E-state index contributed by atoms with van der Waals surface area (Å²) in [5.74, 6) is -0.188. The Hall–Kier alpha value is -1.06. The van der Waals surface area contributed by atoms with Crippen molar-refractivity contribution in [2.24, 2.45) is 11.8 Å². The van der Waals surface area contributed by atoms with Crippen molar-refractivity contribution in [3.8, 4) is 0 Å². The van der Waals surface area contributed by atoms with Crippen LogP contribution >= 0.6 is 0 Å². The Morgan fingerprint density at radius 2 is 1.00 bits per heavy atom. The highest BCUT2D eigenvalue weighted by Gasteiger charge is 2.31. The summed E-state index contributed by atoms with van der Waals surface area (Å²) in [5.41, 5.74) is 0. The number of rotatable bonds is 13. The predicted molar refractivity (Wildman–Crippen MR) is 100 cm³/mol. The van der Waals surface area contributed by atoms with Gasteiger partial charge in [0.1, 0.15) is 0 Å². The first-order valence-electron chi connectivity index (χ1n) is 10.5. The highest BCUT2D eigenvalue weighted by molar-refractivity contribution is 5.75. The molecular weight excluding hydrogens is 316 g/mol. The van der Waals surface area contributed by atoms with E-state index in [9.17, 15) is 9.59 Å². The molecule has 0 heterocycles. The van der Waals surface area contributed by atoms with Crippen LogP contribution in [0, 0.1) is 11.8 Å². The van der Waals surface area contributed by atoms with E-state index in [1.165, 1.54) is 25.7 Å². The van der Waals surface area contributed by atoms with Crippen LogP contribution in [-0.2, 0) is 19.1 Å². The van der Waals surface area contributed by atoms with Crippen molar-refractivity contribution in [2.45, 2.75) is 97.3 Å². The smallest absolute Gasteiger partial charge is 0.308 e. The second-order valence-electron chi connectivity index (χ2n) is 7.36. The lowest BCUT2D eigenvalue weighted by atomic mass is 9.82. The summed E-state index contributed by atoms with van der Waals surface area (Å²) in [6, 6.07) is 0. The van der Waals surface area contributed by atoms with Crippen LogP contribution in [0.2, 0.25) is 0 Å². The van der Waals surface area contributed by atoms with Gasteiger partial charge in [-0.3, -0.25) is 9.59 Å². The lowest BCUT2D eigenvalue weighted by molar-refractivity contribution is -0.155. The Bertz CT molecular complexity index is 359. The van der Waals surface area contributed by atoms with E-state index >= 15 is 0 Å². The zero-order valence-corrected chi connectivity index (χ0v) is 16.4. The van der Waals surface area contributed by atoms with Gasteiger partial charge in [-0.15, -0.1) is 0 Å². The molecule has 1 fully saturated rings. The van der Waals surface area contributed by atoms with E-state index < -0.39 is 0 Å². The number of hydrogen-bond acceptors (Lipinski definition) is 4. The molecule has 0 saturated heterocycles. The molecule has 0 aromatic carbocycles. The summed E-state index contributed by atoms with van der Waals surface area (Å²) in [6.45, 7) is 5.43. The van der Waals surface area contributed by atoms with E-state index in [2.05, 4.69) is 13.8 Å². The molecule has 0 bridgehead atoms. The first-order valence-corrected chi connectivity index (χ1v) is 10.5. The van der Waals surface area contributed by atoms with Crippen LogP contribution in [-0.4, -0.2) is 25.2 Å². The van der Waals surface area contributed by atoms with Gasteiger partial charge in [0.2, 0.25) is 0 Å². The fourth-order valence-corrected chi connectivity index (χ4v) is 3.38. The van der Waals surface area contributed by atoms with Crippen molar-refractivity contribution in [1.29, 1.82) is 0 Å². The molecule has 0 aromatic heterocycles. The minimum absolute atomic E-state index is 0.0238. The molecule has 0 unspecified atom stereocenters. The maximum absolute atomic E-state index is 12.1. The summed E-state index contributed by atoms with van der Waals surface area (Å²) >= 11 is 0. The van der Waals surface area contributed by atoms with Gasteiger partial charge in [0, 0.05) is 0 Å². The third kappa shape index (κ3) is 9.86. The van der Waals surface area contributed by atoms with Crippen molar-refractivity contribution in [2.75, 3.05) is 13.2 Å². The number of carbonyl (C=O) groups excluding carboxylic acids is 2. The number of ether oxygens (including phenoxy) is 2. The van der Waals surface area contributed by atoms with E-state index in [1.807, 2.05) is 0 Å². The number of unbranched alkanes of at least 4 members (excludes halogenated alkanes) is 7. The third-order valence-corrected chi connectivity index (χ3v) is 5.13. The summed E-state index contributed by atoms with van der Waals surface area (Å²) in [6.07, 6.45) is 13.4. The standard InChI is InChI=1S/C21H38O4/c1-3-5-7-8-9-11-17-25-21(23)19-14-12-18(13-15-19)20(22)24-16-10-6-4-2/h18-19H,3-17H2,1-2H3. The number of esters is 2. The highest BCUT2D eigenvalue weighted by atomic mass is 16.5. The minimum atomic E-state index is -0.0741. The summed E-state index contributed by atoms with van der Waals surface area (Å²) < 4.78 is 10.8. The molecule has 25 heavy (non-hydrogen) atoms. The molecule has 1 aliphatic carbocycles. The molecule has 0 spiro atoms. The second-order valence-corrected chi connectivity index (χ2v) is 7.36. The minimum Gasteiger partial charge on any atom is -0.465 e. The summed E-state index contributed by atoms with van der Waals surface area (Å²) in [7, 11) is 0. The van der Waals surface area contributed by atoms with Crippen LogP contribution in [0.3, 0.4) is 0 Å². The molecule has 0 amide bonds. The molecule has 146 valence electrons. The summed E-state index contributed by atoms with van der Waals surface area (Å²) in [5, 5.41) is 0. The van der Waals surface area contributed by atoms with Gasteiger partial charge in [-0.05, 0) is 38.5 Å². The normalized spacial score (nSPS) is 20.2. The summed E-state index contributed by atoms with van der Waals surface area (Å²) in [4.78, 5) is 24.1. The van der Waals surface area contributed by atoms with Crippen molar-refractivity contribution in [3.05, 3.63) is 0 Å². The molecule has 1 saturated carbocycles. The fourth-order valence-electron chi connectivity index (χ4n) is 3.38. The van der Waals surface area contributed by atoms with E-state index in [0.717, 1.165) is 57.8 Å². The number of carbonyl (C=O) groups is 2. The first-order chi connectivity index (χ1) is 12.2. The van der Waals surface area contributed by atoms with Gasteiger partial charge >= 0.3 is 11.9 Å². The Morgan fingerprint density at radius 1 is 0.640 bits per heavy atom. The monoisotopic (exact) mass is 354 g/mol. The molecule has 4 nitrogen and oxygen atoms in total. The average molecular weight is 355 g/mol. The zero-order chi connectivity index (χ0) is 18.3. The molecule has 1 rings (SSSR count). The quantitative estimate of drug-likeness (QED) is 0.327. The number of hydrogen-bond donors (Lipinski definition) is 0. The van der Waals surface area contributed by atoms with E-state index in [4.69, 9.17) is 9.47 Å². The van der Waals surface area contributed by atoms with Gasteiger partial charge in [-0.2, -0.15) is 0 Å². The lowest BCUT2D eigenvalue weighted by Crippen LogP contribution is -2.28. The van der Waals surface area contributed by atoms with Crippen molar-refractivity contribution < 1.29 is 19.1 Å². The topological polar surface area (TPSA) is 52.6 Å². The first kappa shape index (κ1) is 22.0. The maximum Gasteiger partial charge on any atom is 0.308 e. The zero-order valence-electron chi connectivity index (χ0n) is 16.4. The van der Waals surface area contributed by atoms with Crippen molar-refractivity contribution in [3.63, 3.8) is 0 Å². The van der Waals surface area contributed by atoms with Gasteiger partial charge in [0.15, 0.2) is 0 Å². The largest absolute Gasteiger partial charge is 0.465 e. The van der Waals surface area contributed by atoms with Crippen LogP contribution in [0.5, 0.6) is 0 Å². The van der Waals surface area contributed by atoms with Gasteiger partial charge in [-0.25, -0.2) is 0 Å². The molecule has 0 aliphatic heterocycles. The van der Waals surface area contributed by atoms with E-state index in [-0.39, 0.29) is 23.8 Å². The fraction of sp³-hybridized carbons (Fsp3) is 0.905. The Kier molecular flexibility index (Phi) is 12.4. The van der Waals surface area contributed by atoms with Gasteiger partial charge in [0.25, 0.3) is 0 Å². The molecule has 0 atom stereocenters. The van der Waals surface area contributed by atoms with E-state index in [0.29, 0.717) is 13.2 Å². The van der Waals surface area contributed by atoms with Gasteiger partial charge < -0.3 is 9.47 Å². The third-order valence-electron chi connectivity index (χ3n) is 5.13. The van der Waals surface area contributed by atoms with Gasteiger partial charge in [-0.1, -0.05) is 58.8 Å². The molecular formula is C21H38O4. The van der Waals surface area contributed by atoms with E-state index in [1.54, 1.807) is 0 Å². The van der Waals surface area contributed by atoms with Crippen molar-refractivity contribution in [1.82, 2.24) is 0 Å². The Balaban J connectivity index is 2.08. The van der Waals surface area contributed by atoms with Crippen molar-refractivity contribution >= 4 is 11.9 Å². The van der Waals surface area contributed by atoms with Gasteiger partial charge in [0.05, 0.1) is 25.0 Å². The predicted octanol–water partition coefficient (Wildman–Crippen LogP) is 5.43. The second kappa shape index (κ2) is 14.1. The SMILES string of the molecule is CCCCCCCCOC(=O)C1CCC(C(=O)OCCCCC)CC1. The molecule has 0 aromatic rings. The van der Waals surface area contributed by atoms with Crippen LogP contribution in [0.15, 0.2) is 0 Å².